The minimum atomic E-state index is -0.311. The normalized spacial score (nSPS) is 11.7. The molecule has 0 aliphatic rings. The molecule has 31 heavy (non-hydrogen) atoms. The smallest absolute Gasteiger partial charge is 0.282 e. The molecule has 6 nitrogen and oxygen atoms in total. The van der Waals surface area contributed by atoms with Crippen molar-refractivity contribution in [2.75, 3.05) is 0 Å². The van der Waals surface area contributed by atoms with Gasteiger partial charge >= 0.3 is 0 Å². The van der Waals surface area contributed by atoms with Crippen molar-refractivity contribution in [1.82, 2.24) is 9.66 Å². The molecule has 0 saturated heterocycles. The van der Waals surface area contributed by atoms with E-state index >= 15 is 0 Å². The quantitative estimate of drug-likeness (QED) is 0.289. The lowest BCUT2D eigenvalue weighted by atomic mass is 10.2. The molecular formula is C23H13Br2N3O3. The highest BCUT2D eigenvalue weighted by atomic mass is 79.9. The first-order valence-electron chi connectivity index (χ1n) is 9.24. The molecule has 5 rings (SSSR count). The zero-order valence-electron chi connectivity index (χ0n) is 15.8. The highest BCUT2D eigenvalue weighted by molar-refractivity contribution is 9.11. The third kappa shape index (κ3) is 3.58. The fourth-order valence-electron chi connectivity index (χ4n) is 3.27. The molecule has 0 bridgehead atoms. The van der Waals surface area contributed by atoms with E-state index in [1.807, 2.05) is 36.4 Å². The predicted molar refractivity (Wildman–Crippen MR) is 128 cm³/mol. The molecule has 0 radical (unpaired) electrons. The molecule has 2 heterocycles. The second kappa shape index (κ2) is 7.79. The van der Waals surface area contributed by atoms with Crippen molar-refractivity contribution in [2.24, 2.45) is 5.10 Å². The lowest BCUT2D eigenvalue weighted by Gasteiger charge is -2.07. The number of phenols is 1. The summed E-state index contributed by atoms with van der Waals surface area (Å²) in [4.78, 5) is 17.9. The number of aromatic hydroxyl groups is 1. The summed E-state index contributed by atoms with van der Waals surface area (Å²) in [6.07, 6.45) is 1.53. The molecule has 0 amide bonds. The van der Waals surface area contributed by atoms with E-state index in [-0.39, 0.29) is 11.3 Å². The van der Waals surface area contributed by atoms with Crippen LogP contribution in [0.2, 0.25) is 0 Å². The van der Waals surface area contributed by atoms with Crippen molar-refractivity contribution in [2.45, 2.75) is 0 Å². The number of nitrogens with zero attached hydrogens (tertiary/aromatic N) is 3. The van der Waals surface area contributed by atoms with Gasteiger partial charge in [0, 0.05) is 5.39 Å². The average molecular weight is 539 g/mol. The molecule has 0 unspecified atom stereocenters. The van der Waals surface area contributed by atoms with Crippen LogP contribution in [0.15, 0.2) is 90.0 Å². The maximum absolute atomic E-state index is 13.3. The van der Waals surface area contributed by atoms with E-state index in [0.29, 0.717) is 42.6 Å². The second-order valence-corrected chi connectivity index (χ2v) is 8.50. The zero-order chi connectivity index (χ0) is 21.5. The summed E-state index contributed by atoms with van der Waals surface area (Å²) in [5.74, 6) is 0.826. The van der Waals surface area contributed by atoms with Crippen molar-refractivity contribution in [3.05, 3.63) is 91.6 Å². The van der Waals surface area contributed by atoms with Gasteiger partial charge < -0.3 is 9.52 Å². The molecule has 5 aromatic rings. The Morgan fingerprint density at radius 2 is 1.71 bits per heavy atom. The largest absolute Gasteiger partial charge is 0.506 e. The van der Waals surface area contributed by atoms with Crippen LogP contribution in [0.5, 0.6) is 5.75 Å². The Balaban J connectivity index is 1.73. The molecule has 2 aromatic heterocycles. The van der Waals surface area contributed by atoms with Gasteiger partial charge in [0.25, 0.3) is 5.56 Å². The average Bonchev–Trinajstić information content (AvgIpc) is 3.21. The van der Waals surface area contributed by atoms with Crippen LogP contribution < -0.4 is 5.56 Å². The first-order chi connectivity index (χ1) is 15.0. The number of benzene rings is 3. The molecule has 1 N–H and O–H groups in total. The minimum absolute atomic E-state index is 0.0876. The maximum atomic E-state index is 13.3. The van der Waals surface area contributed by atoms with E-state index in [4.69, 9.17) is 4.42 Å². The van der Waals surface area contributed by atoms with Gasteiger partial charge in [-0.25, -0.2) is 4.98 Å². The molecule has 0 aliphatic carbocycles. The number of phenolic OH excluding ortho intramolecular Hbond substituents is 1. The highest BCUT2D eigenvalue weighted by Gasteiger charge is 2.16. The van der Waals surface area contributed by atoms with Gasteiger partial charge in [-0.2, -0.15) is 9.78 Å². The fourth-order valence-corrected chi connectivity index (χ4v) is 4.49. The van der Waals surface area contributed by atoms with E-state index < -0.39 is 0 Å². The van der Waals surface area contributed by atoms with E-state index in [2.05, 4.69) is 41.9 Å². The molecule has 152 valence electrons. The van der Waals surface area contributed by atoms with E-state index in [9.17, 15) is 9.90 Å². The summed E-state index contributed by atoms with van der Waals surface area (Å²) in [5.41, 5.74) is 1.62. The monoisotopic (exact) mass is 537 g/mol. The molecular weight excluding hydrogens is 526 g/mol. The van der Waals surface area contributed by atoms with Crippen molar-refractivity contribution in [3.8, 4) is 17.3 Å². The van der Waals surface area contributed by atoms with Gasteiger partial charge in [0.1, 0.15) is 11.3 Å². The lowest BCUT2D eigenvalue weighted by Crippen LogP contribution is -2.20. The van der Waals surface area contributed by atoms with Crippen LogP contribution in [0.25, 0.3) is 33.5 Å². The van der Waals surface area contributed by atoms with Gasteiger partial charge in [-0.1, -0.05) is 30.3 Å². The molecule has 8 heteroatoms. The number of aromatic nitrogens is 2. The number of para-hydroxylation sites is 2. The summed E-state index contributed by atoms with van der Waals surface area (Å²) in [6, 6.07) is 19.9. The summed E-state index contributed by atoms with van der Waals surface area (Å²) < 4.78 is 8.20. The van der Waals surface area contributed by atoms with Crippen LogP contribution in [0.1, 0.15) is 5.56 Å². The Hall–Kier alpha value is -3.23. The highest BCUT2D eigenvalue weighted by Crippen LogP contribution is 2.33. The minimum Gasteiger partial charge on any atom is -0.506 e. The summed E-state index contributed by atoms with van der Waals surface area (Å²) in [7, 11) is 0. The van der Waals surface area contributed by atoms with Gasteiger partial charge in [-0.3, -0.25) is 4.79 Å². The third-order valence-corrected chi connectivity index (χ3v) is 5.97. The summed E-state index contributed by atoms with van der Waals surface area (Å²) in [6.45, 7) is 0. The van der Waals surface area contributed by atoms with Gasteiger partial charge in [0.15, 0.2) is 5.76 Å². The van der Waals surface area contributed by atoms with Gasteiger partial charge in [-0.05, 0) is 73.8 Å². The van der Waals surface area contributed by atoms with E-state index in [0.717, 1.165) is 5.39 Å². The first kappa shape index (κ1) is 19.7. The predicted octanol–water partition coefficient (Wildman–Crippen LogP) is 5.92. The Bertz CT molecular complexity index is 1500. The van der Waals surface area contributed by atoms with Crippen LogP contribution in [-0.2, 0) is 0 Å². The summed E-state index contributed by atoms with van der Waals surface area (Å²) >= 11 is 6.61. The van der Waals surface area contributed by atoms with Crippen molar-refractivity contribution >= 4 is 59.9 Å². The first-order valence-corrected chi connectivity index (χ1v) is 10.8. The lowest BCUT2D eigenvalue weighted by molar-refractivity contribution is 0.468. The zero-order valence-corrected chi connectivity index (χ0v) is 19.0. The van der Waals surface area contributed by atoms with Crippen LogP contribution in [0.3, 0.4) is 0 Å². The Kier molecular flexibility index (Phi) is 4.95. The van der Waals surface area contributed by atoms with Crippen LogP contribution >= 0.6 is 31.9 Å². The van der Waals surface area contributed by atoms with Gasteiger partial charge in [0.2, 0.25) is 5.82 Å². The van der Waals surface area contributed by atoms with Gasteiger partial charge in [-0.15, -0.1) is 0 Å². The standard InChI is InChI=1S/C23H13Br2N3O3/c24-16-9-13(10-17(25)21(16)29)12-26-28-22(20-11-14-5-1-4-8-19(14)31-20)27-18-7-3-2-6-15(18)23(28)30/h1-12,29H. The maximum Gasteiger partial charge on any atom is 0.282 e. The summed E-state index contributed by atoms with van der Waals surface area (Å²) in [5, 5.41) is 15.7. The van der Waals surface area contributed by atoms with E-state index in [1.165, 1.54) is 10.9 Å². The third-order valence-electron chi connectivity index (χ3n) is 4.76. The Labute approximate surface area is 192 Å². The van der Waals surface area contributed by atoms with Crippen molar-refractivity contribution in [3.63, 3.8) is 0 Å². The van der Waals surface area contributed by atoms with Gasteiger partial charge in [0.05, 0.1) is 26.1 Å². The Morgan fingerprint density at radius 1 is 1.00 bits per heavy atom. The van der Waals surface area contributed by atoms with Crippen LogP contribution in [0.4, 0.5) is 0 Å². The number of halogens is 2. The number of hydrogen-bond donors (Lipinski definition) is 1. The van der Waals surface area contributed by atoms with E-state index in [1.54, 1.807) is 30.3 Å². The molecule has 0 atom stereocenters. The Morgan fingerprint density at radius 3 is 2.48 bits per heavy atom. The second-order valence-electron chi connectivity index (χ2n) is 6.80. The SMILES string of the molecule is O=c1c2ccccc2nc(-c2cc3ccccc3o2)n1N=Cc1cc(Br)c(O)c(Br)c1. The van der Waals surface area contributed by atoms with Crippen LogP contribution in [0, 0.1) is 0 Å². The number of hydrogen-bond acceptors (Lipinski definition) is 5. The molecule has 0 fully saturated rings. The molecule has 0 spiro atoms. The molecule has 0 saturated carbocycles. The van der Waals surface area contributed by atoms with Crippen molar-refractivity contribution in [1.29, 1.82) is 0 Å². The van der Waals surface area contributed by atoms with Crippen molar-refractivity contribution < 1.29 is 9.52 Å². The van der Waals surface area contributed by atoms with Crippen LogP contribution in [-0.4, -0.2) is 21.0 Å². The molecule has 0 aliphatic heterocycles. The number of rotatable bonds is 3. The number of furan rings is 1. The fraction of sp³-hybridized carbons (Fsp3) is 0. The molecule has 3 aromatic carbocycles. The topological polar surface area (TPSA) is 80.6 Å². The number of fused-ring (bicyclic) bond motifs is 2.